The first-order valence-corrected chi connectivity index (χ1v) is 7.47. The van der Waals surface area contributed by atoms with Gasteiger partial charge in [-0.3, -0.25) is 0 Å². The number of benzene rings is 1. The first-order valence-electron chi connectivity index (χ1n) is 7.47. The van der Waals surface area contributed by atoms with Gasteiger partial charge in [0, 0.05) is 20.2 Å². The lowest BCUT2D eigenvalue weighted by molar-refractivity contribution is 0.189. The fourth-order valence-electron chi connectivity index (χ4n) is 2.72. The zero-order valence-electron chi connectivity index (χ0n) is 13.4. The SMILES string of the molecule is CCCC(C)(CNCCOC)Cc1ccccc1OC. The van der Waals surface area contributed by atoms with Gasteiger partial charge in [0.25, 0.3) is 0 Å². The molecule has 1 rings (SSSR count). The minimum absolute atomic E-state index is 0.247. The van der Waals surface area contributed by atoms with E-state index in [1.807, 2.05) is 12.1 Å². The summed E-state index contributed by atoms with van der Waals surface area (Å²) in [4.78, 5) is 0. The van der Waals surface area contributed by atoms with Crippen LogP contribution >= 0.6 is 0 Å². The summed E-state index contributed by atoms with van der Waals surface area (Å²) < 4.78 is 10.6. The van der Waals surface area contributed by atoms with Gasteiger partial charge in [-0.15, -0.1) is 0 Å². The minimum atomic E-state index is 0.247. The van der Waals surface area contributed by atoms with Crippen molar-refractivity contribution in [3.63, 3.8) is 0 Å². The number of hydrogen-bond donors (Lipinski definition) is 1. The average molecular weight is 279 g/mol. The van der Waals surface area contributed by atoms with Gasteiger partial charge in [0.2, 0.25) is 0 Å². The second kappa shape index (κ2) is 8.98. The largest absolute Gasteiger partial charge is 0.496 e. The van der Waals surface area contributed by atoms with E-state index in [2.05, 4.69) is 31.3 Å². The molecular weight excluding hydrogens is 250 g/mol. The second-order valence-corrected chi connectivity index (χ2v) is 5.72. The van der Waals surface area contributed by atoms with E-state index < -0.39 is 0 Å². The number of hydrogen-bond acceptors (Lipinski definition) is 3. The lowest BCUT2D eigenvalue weighted by Gasteiger charge is -2.30. The van der Waals surface area contributed by atoms with E-state index >= 15 is 0 Å². The van der Waals surface area contributed by atoms with Crippen LogP contribution < -0.4 is 10.1 Å². The van der Waals surface area contributed by atoms with Crippen molar-refractivity contribution in [2.75, 3.05) is 33.9 Å². The Morgan fingerprint density at radius 2 is 1.95 bits per heavy atom. The summed E-state index contributed by atoms with van der Waals surface area (Å²) in [6.45, 7) is 7.26. The van der Waals surface area contributed by atoms with Gasteiger partial charge in [-0.05, 0) is 29.9 Å². The van der Waals surface area contributed by atoms with Gasteiger partial charge in [-0.25, -0.2) is 0 Å². The molecule has 0 aromatic heterocycles. The molecule has 3 nitrogen and oxygen atoms in total. The Bertz CT molecular complexity index is 381. The molecule has 1 atom stereocenters. The highest BCUT2D eigenvalue weighted by Crippen LogP contribution is 2.31. The number of rotatable bonds is 10. The Morgan fingerprint density at radius 1 is 1.20 bits per heavy atom. The maximum atomic E-state index is 5.47. The van der Waals surface area contributed by atoms with Gasteiger partial charge < -0.3 is 14.8 Å². The molecule has 0 saturated heterocycles. The van der Waals surface area contributed by atoms with Gasteiger partial charge in [0.15, 0.2) is 0 Å². The molecule has 0 heterocycles. The predicted molar refractivity (Wildman–Crippen MR) is 84.5 cm³/mol. The van der Waals surface area contributed by atoms with Crippen LogP contribution in [0.2, 0.25) is 0 Å². The van der Waals surface area contributed by atoms with E-state index in [1.54, 1.807) is 14.2 Å². The average Bonchev–Trinajstić information content (AvgIpc) is 2.44. The Morgan fingerprint density at radius 3 is 2.60 bits per heavy atom. The summed E-state index contributed by atoms with van der Waals surface area (Å²) in [5.41, 5.74) is 1.54. The molecule has 0 aliphatic rings. The minimum Gasteiger partial charge on any atom is -0.496 e. The van der Waals surface area contributed by atoms with Crippen LogP contribution in [-0.2, 0) is 11.2 Å². The van der Waals surface area contributed by atoms with E-state index in [1.165, 1.54) is 18.4 Å². The Kier molecular flexibility index (Phi) is 7.63. The van der Waals surface area contributed by atoms with Gasteiger partial charge in [0.05, 0.1) is 13.7 Å². The van der Waals surface area contributed by atoms with Crippen molar-refractivity contribution in [3.8, 4) is 5.75 Å². The fraction of sp³-hybridized carbons (Fsp3) is 0.647. The van der Waals surface area contributed by atoms with Crippen molar-refractivity contribution >= 4 is 0 Å². The molecule has 1 unspecified atom stereocenters. The molecule has 1 N–H and O–H groups in total. The molecule has 0 radical (unpaired) electrons. The topological polar surface area (TPSA) is 30.5 Å². The van der Waals surface area contributed by atoms with Gasteiger partial charge in [0.1, 0.15) is 5.75 Å². The van der Waals surface area contributed by atoms with Crippen LogP contribution in [0.15, 0.2) is 24.3 Å². The molecule has 1 aromatic rings. The maximum Gasteiger partial charge on any atom is 0.122 e. The van der Waals surface area contributed by atoms with Crippen molar-refractivity contribution in [3.05, 3.63) is 29.8 Å². The van der Waals surface area contributed by atoms with Gasteiger partial charge in [-0.1, -0.05) is 38.5 Å². The molecule has 0 bridgehead atoms. The lowest BCUT2D eigenvalue weighted by Crippen LogP contribution is -2.35. The molecule has 0 spiro atoms. The van der Waals surface area contributed by atoms with E-state index in [0.717, 1.165) is 31.9 Å². The van der Waals surface area contributed by atoms with Crippen LogP contribution in [0.5, 0.6) is 5.75 Å². The number of para-hydroxylation sites is 1. The molecular formula is C17H29NO2. The van der Waals surface area contributed by atoms with Gasteiger partial charge >= 0.3 is 0 Å². The van der Waals surface area contributed by atoms with E-state index in [-0.39, 0.29) is 5.41 Å². The smallest absolute Gasteiger partial charge is 0.122 e. The third-order valence-corrected chi connectivity index (χ3v) is 3.70. The molecule has 0 amide bonds. The standard InChI is InChI=1S/C17H29NO2/c1-5-10-17(2,14-18-11-12-19-3)13-15-8-6-7-9-16(15)20-4/h6-9,18H,5,10-14H2,1-4H3. The summed E-state index contributed by atoms with van der Waals surface area (Å²) >= 11 is 0. The number of methoxy groups -OCH3 is 2. The van der Waals surface area contributed by atoms with E-state index in [9.17, 15) is 0 Å². The third-order valence-electron chi connectivity index (χ3n) is 3.70. The molecule has 3 heteroatoms. The van der Waals surface area contributed by atoms with Crippen molar-refractivity contribution < 1.29 is 9.47 Å². The monoisotopic (exact) mass is 279 g/mol. The molecule has 114 valence electrons. The highest BCUT2D eigenvalue weighted by Gasteiger charge is 2.24. The molecule has 1 aromatic carbocycles. The number of ether oxygens (including phenoxy) is 2. The van der Waals surface area contributed by atoms with Gasteiger partial charge in [-0.2, -0.15) is 0 Å². The van der Waals surface area contributed by atoms with Crippen LogP contribution in [0.4, 0.5) is 0 Å². The lowest BCUT2D eigenvalue weighted by atomic mass is 9.79. The first kappa shape index (κ1) is 17.0. The van der Waals surface area contributed by atoms with Crippen LogP contribution in [-0.4, -0.2) is 33.9 Å². The third kappa shape index (κ3) is 5.51. The first-order chi connectivity index (χ1) is 9.65. The highest BCUT2D eigenvalue weighted by atomic mass is 16.5. The molecule has 0 aliphatic heterocycles. The van der Waals surface area contributed by atoms with Crippen molar-refractivity contribution in [2.24, 2.45) is 5.41 Å². The predicted octanol–water partition coefficient (Wildman–Crippen LogP) is 3.28. The summed E-state index contributed by atoms with van der Waals surface area (Å²) in [5, 5.41) is 3.50. The van der Waals surface area contributed by atoms with Crippen molar-refractivity contribution in [1.29, 1.82) is 0 Å². The molecule has 0 saturated carbocycles. The summed E-state index contributed by atoms with van der Waals surface area (Å²) in [6, 6.07) is 8.32. The summed E-state index contributed by atoms with van der Waals surface area (Å²) in [7, 11) is 3.48. The quantitative estimate of drug-likeness (QED) is 0.667. The zero-order valence-corrected chi connectivity index (χ0v) is 13.4. The second-order valence-electron chi connectivity index (χ2n) is 5.72. The van der Waals surface area contributed by atoms with Crippen LogP contribution in [0.1, 0.15) is 32.3 Å². The normalized spacial score (nSPS) is 14.0. The Balaban J connectivity index is 2.69. The Labute approximate surface area is 123 Å². The Hall–Kier alpha value is -1.06. The summed E-state index contributed by atoms with van der Waals surface area (Å²) in [5.74, 6) is 0.992. The fourth-order valence-corrected chi connectivity index (χ4v) is 2.72. The number of nitrogens with one attached hydrogen (secondary N) is 1. The maximum absolute atomic E-state index is 5.47. The molecule has 0 aliphatic carbocycles. The zero-order chi connectivity index (χ0) is 14.8. The van der Waals surface area contributed by atoms with E-state index in [4.69, 9.17) is 9.47 Å². The highest BCUT2D eigenvalue weighted by molar-refractivity contribution is 5.34. The van der Waals surface area contributed by atoms with Crippen LogP contribution in [0, 0.1) is 5.41 Å². The van der Waals surface area contributed by atoms with E-state index in [0.29, 0.717) is 0 Å². The van der Waals surface area contributed by atoms with Crippen LogP contribution in [0.25, 0.3) is 0 Å². The summed E-state index contributed by atoms with van der Waals surface area (Å²) in [6.07, 6.45) is 3.42. The molecule has 20 heavy (non-hydrogen) atoms. The molecule has 0 fully saturated rings. The van der Waals surface area contributed by atoms with Crippen molar-refractivity contribution in [2.45, 2.75) is 33.1 Å². The van der Waals surface area contributed by atoms with Crippen molar-refractivity contribution in [1.82, 2.24) is 5.32 Å². The van der Waals surface area contributed by atoms with Crippen LogP contribution in [0.3, 0.4) is 0 Å².